The minimum atomic E-state index is -3.26. The van der Waals surface area contributed by atoms with E-state index in [1.54, 1.807) is 13.1 Å². The number of fused-ring (bicyclic) bond motifs is 3. The molecule has 0 amide bonds. The molecule has 8 nitrogen and oxygen atoms in total. The van der Waals surface area contributed by atoms with Gasteiger partial charge in [0.2, 0.25) is 10.0 Å². The van der Waals surface area contributed by atoms with Crippen molar-refractivity contribution >= 4 is 26.8 Å². The van der Waals surface area contributed by atoms with Gasteiger partial charge in [-0.25, -0.2) is 18.1 Å². The first-order valence-electron chi connectivity index (χ1n) is 10.6. The molecule has 4 rings (SSSR count). The average Bonchev–Trinajstić information content (AvgIpc) is 3.42. The topological polar surface area (TPSA) is 105 Å². The molecule has 3 aromatic rings. The van der Waals surface area contributed by atoms with Crippen LogP contribution in [0.3, 0.4) is 0 Å². The minimum Gasteiger partial charge on any atom is -0.345 e. The largest absolute Gasteiger partial charge is 0.345 e. The molecular formula is C20H30N6O2S. The third kappa shape index (κ3) is 3.77. The summed E-state index contributed by atoms with van der Waals surface area (Å²) in [6.07, 6.45) is 8.13. The van der Waals surface area contributed by atoms with Crippen molar-refractivity contribution in [2.24, 2.45) is 11.8 Å². The molecular weight excluding hydrogens is 388 g/mol. The normalized spacial score (nSPS) is 23.9. The smallest absolute Gasteiger partial charge is 0.214 e. The van der Waals surface area contributed by atoms with E-state index < -0.39 is 10.0 Å². The predicted molar refractivity (Wildman–Crippen MR) is 113 cm³/mol. The highest BCUT2D eigenvalue weighted by Gasteiger charge is 2.37. The molecule has 3 unspecified atom stereocenters. The molecule has 158 valence electrons. The maximum atomic E-state index is 12.5. The second-order valence-electron chi connectivity index (χ2n) is 8.33. The van der Waals surface area contributed by atoms with Gasteiger partial charge >= 0.3 is 0 Å². The standard InChI is InChI=1S/C20H30N6O2S/c1-4-6-13(3)29(27,28)23-11-14-9-15(5-2)16(10-14)20-25-24-18-12-22-19-17(26(18)20)7-8-21-19/h7-8,12-16,21,23H,4-6,9-11H2,1-3H3/t13?,14-,15?,16?/m0/s1. The summed E-state index contributed by atoms with van der Waals surface area (Å²) in [6, 6.07) is 2.00. The van der Waals surface area contributed by atoms with E-state index in [2.05, 4.69) is 36.2 Å². The highest BCUT2D eigenvalue weighted by atomic mass is 32.2. The number of rotatable bonds is 8. The van der Waals surface area contributed by atoms with Crippen molar-refractivity contribution in [1.29, 1.82) is 0 Å². The maximum Gasteiger partial charge on any atom is 0.214 e. The van der Waals surface area contributed by atoms with Crippen LogP contribution in [0.5, 0.6) is 0 Å². The molecule has 3 heterocycles. The first kappa shape index (κ1) is 20.3. The van der Waals surface area contributed by atoms with Crippen LogP contribution in [0.15, 0.2) is 18.5 Å². The first-order chi connectivity index (χ1) is 13.9. The van der Waals surface area contributed by atoms with Crippen LogP contribution in [0.1, 0.15) is 64.6 Å². The van der Waals surface area contributed by atoms with Gasteiger partial charge in [-0.05, 0) is 44.1 Å². The van der Waals surface area contributed by atoms with E-state index in [0.29, 0.717) is 24.8 Å². The van der Waals surface area contributed by atoms with E-state index >= 15 is 0 Å². The van der Waals surface area contributed by atoms with E-state index in [-0.39, 0.29) is 11.2 Å². The Hall–Kier alpha value is -2.00. The van der Waals surface area contributed by atoms with Crippen molar-refractivity contribution in [1.82, 2.24) is 29.3 Å². The number of nitrogens with one attached hydrogen (secondary N) is 2. The summed E-state index contributed by atoms with van der Waals surface area (Å²) in [4.78, 5) is 7.54. The molecule has 0 aromatic carbocycles. The van der Waals surface area contributed by atoms with Crippen LogP contribution < -0.4 is 4.72 Å². The van der Waals surface area contributed by atoms with Crippen LogP contribution in [0.2, 0.25) is 0 Å². The van der Waals surface area contributed by atoms with Crippen LogP contribution in [-0.4, -0.2) is 44.8 Å². The molecule has 0 aliphatic heterocycles. The van der Waals surface area contributed by atoms with Gasteiger partial charge in [-0.3, -0.25) is 4.40 Å². The van der Waals surface area contributed by atoms with Gasteiger partial charge in [-0.2, -0.15) is 0 Å². The van der Waals surface area contributed by atoms with Crippen LogP contribution in [0, 0.1) is 11.8 Å². The number of hydrogen-bond donors (Lipinski definition) is 2. The zero-order valence-electron chi connectivity index (χ0n) is 17.3. The van der Waals surface area contributed by atoms with Crippen molar-refractivity contribution in [3.63, 3.8) is 0 Å². The quantitative estimate of drug-likeness (QED) is 0.584. The van der Waals surface area contributed by atoms with Gasteiger partial charge in [0.1, 0.15) is 5.82 Å². The van der Waals surface area contributed by atoms with E-state index in [9.17, 15) is 8.42 Å². The molecule has 1 aliphatic carbocycles. The minimum absolute atomic E-state index is 0.262. The molecule has 3 aromatic heterocycles. The van der Waals surface area contributed by atoms with Crippen molar-refractivity contribution in [3.05, 3.63) is 24.3 Å². The lowest BCUT2D eigenvalue weighted by Crippen LogP contribution is -2.35. The van der Waals surface area contributed by atoms with Gasteiger partial charge in [0.05, 0.1) is 17.0 Å². The molecule has 4 atom stereocenters. The molecule has 1 aliphatic rings. The van der Waals surface area contributed by atoms with Gasteiger partial charge in [0.25, 0.3) is 0 Å². The van der Waals surface area contributed by atoms with Crippen LogP contribution in [0.4, 0.5) is 0 Å². The summed E-state index contributed by atoms with van der Waals surface area (Å²) in [7, 11) is -3.26. The molecule has 1 saturated carbocycles. The van der Waals surface area contributed by atoms with Crippen molar-refractivity contribution in [2.45, 2.75) is 64.0 Å². The van der Waals surface area contributed by atoms with Crippen LogP contribution in [-0.2, 0) is 10.0 Å². The van der Waals surface area contributed by atoms with Crippen molar-refractivity contribution < 1.29 is 8.42 Å². The second-order valence-corrected chi connectivity index (χ2v) is 10.5. The van der Waals surface area contributed by atoms with Gasteiger partial charge in [0, 0.05) is 18.7 Å². The number of aromatic amines is 1. The third-order valence-corrected chi connectivity index (χ3v) is 8.28. The van der Waals surface area contributed by atoms with Crippen molar-refractivity contribution in [2.75, 3.05) is 6.54 Å². The molecule has 9 heteroatoms. The molecule has 0 saturated heterocycles. The first-order valence-corrected chi connectivity index (χ1v) is 12.1. The number of sulfonamides is 1. The lowest BCUT2D eigenvalue weighted by molar-refractivity contribution is 0.443. The summed E-state index contributed by atoms with van der Waals surface area (Å²) in [6.45, 7) is 6.50. The Morgan fingerprint density at radius 1 is 1.31 bits per heavy atom. The molecule has 0 radical (unpaired) electrons. The van der Waals surface area contributed by atoms with E-state index in [0.717, 1.165) is 48.3 Å². The van der Waals surface area contributed by atoms with Crippen LogP contribution in [0.25, 0.3) is 16.8 Å². The number of aromatic nitrogens is 5. The third-order valence-electron chi connectivity index (χ3n) is 6.41. The summed E-state index contributed by atoms with van der Waals surface area (Å²) < 4.78 is 29.9. The predicted octanol–water partition coefficient (Wildman–Crippen LogP) is 3.23. The lowest BCUT2D eigenvalue weighted by Gasteiger charge is -2.16. The van der Waals surface area contributed by atoms with E-state index in [4.69, 9.17) is 0 Å². The zero-order valence-corrected chi connectivity index (χ0v) is 18.1. The van der Waals surface area contributed by atoms with Gasteiger partial charge in [-0.15, -0.1) is 10.2 Å². The monoisotopic (exact) mass is 418 g/mol. The summed E-state index contributed by atoms with van der Waals surface area (Å²) >= 11 is 0. The molecule has 2 N–H and O–H groups in total. The van der Waals surface area contributed by atoms with Crippen molar-refractivity contribution in [3.8, 4) is 0 Å². The number of H-pyrrole nitrogens is 1. The number of nitrogens with zero attached hydrogens (tertiary/aromatic N) is 4. The molecule has 1 fully saturated rings. The molecule has 29 heavy (non-hydrogen) atoms. The fraction of sp³-hybridized carbons (Fsp3) is 0.650. The highest BCUT2D eigenvalue weighted by molar-refractivity contribution is 7.90. The molecule has 0 spiro atoms. The van der Waals surface area contributed by atoms with Gasteiger partial charge in [-0.1, -0.05) is 26.7 Å². The van der Waals surface area contributed by atoms with E-state index in [1.807, 2.05) is 19.2 Å². The fourth-order valence-electron chi connectivity index (χ4n) is 4.75. The summed E-state index contributed by atoms with van der Waals surface area (Å²) in [5, 5.41) is 8.52. The fourth-order valence-corrected chi connectivity index (χ4v) is 6.05. The Morgan fingerprint density at radius 2 is 2.14 bits per heavy atom. The van der Waals surface area contributed by atoms with Gasteiger partial charge in [0.15, 0.2) is 11.3 Å². The second kappa shape index (κ2) is 8.02. The van der Waals surface area contributed by atoms with Crippen LogP contribution >= 0.6 is 0 Å². The highest BCUT2D eigenvalue weighted by Crippen LogP contribution is 2.44. The Labute approximate surface area is 171 Å². The Morgan fingerprint density at radius 3 is 2.90 bits per heavy atom. The van der Waals surface area contributed by atoms with Gasteiger partial charge < -0.3 is 4.98 Å². The Kier molecular flexibility index (Phi) is 5.61. The molecule has 0 bridgehead atoms. The maximum absolute atomic E-state index is 12.5. The Balaban J connectivity index is 1.55. The summed E-state index contributed by atoms with van der Waals surface area (Å²) in [5.41, 5.74) is 2.55. The number of hydrogen-bond acceptors (Lipinski definition) is 5. The SMILES string of the molecule is CCCC(C)S(=O)(=O)NC[C@H]1CC(CC)C(c2nnc3cnc4[nH]ccc4n23)C1. The van der Waals surface area contributed by atoms with E-state index in [1.165, 1.54) is 0 Å². The Bertz CT molecular complexity index is 1090. The lowest BCUT2D eigenvalue weighted by atomic mass is 9.93. The average molecular weight is 419 g/mol. The summed E-state index contributed by atoms with van der Waals surface area (Å²) in [5.74, 6) is 2.00. The zero-order chi connectivity index (χ0) is 20.6.